The average Bonchev–Trinajstić information content (AvgIpc) is 3.52. The van der Waals surface area contributed by atoms with Gasteiger partial charge in [0.25, 0.3) is 11.5 Å². The van der Waals surface area contributed by atoms with Gasteiger partial charge in [0.2, 0.25) is 0 Å². The molecule has 2 aliphatic heterocycles. The van der Waals surface area contributed by atoms with Crippen LogP contribution in [0.25, 0.3) is 22.3 Å². The number of carboxylic acids is 1. The number of carbonyl (C=O) groups excluding carboxylic acids is 1. The van der Waals surface area contributed by atoms with E-state index in [2.05, 4.69) is 48.2 Å². The number of allylic oxidation sites excluding steroid dienone is 3. The zero-order chi connectivity index (χ0) is 34.9. The number of aliphatic carboxylic acids is 1. The van der Waals surface area contributed by atoms with E-state index >= 15 is 0 Å². The summed E-state index contributed by atoms with van der Waals surface area (Å²) in [7, 11) is 1.67. The lowest BCUT2D eigenvalue weighted by Crippen LogP contribution is -2.35. The lowest BCUT2D eigenvalue weighted by Gasteiger charge is -2.27. The van der Waals surface area contributed by atoms with Gasteiger partial charge in [-0.25, -0.2) is 0 Å². The van der Waals surface area contributed by atoms with Crippen LogP contribution >= 0.6 is 35.3 Å². The second-order valence-corrected chi connectivity index (χ2v) is 14.6. The number of benzene rings is 2. The lowest BCUT2D eigenvalue weighted by atomic mass is 10.00. The summed E-state index contributed by atoms with van der Waals surface area (Å²) in [6.45, 7) is 4.77. The zero-order valence-electron chi connectivity index (χ0n) is 28.3. The van der Waals surface area contributed by atoms with E-state index in [4.69, 9.17) is 17.0 Å². The fourth-order valence-electron chi connectivity index (χ4n) is 6.28. The lowest BCUT2D eigenvalue weighted by molar-refractivity contribution is -0.137. The Labute approximate surface area is 301 Å². The number of ether oxygens (including phenoxy) is 1. The fraction of sp³-hybridized carbons (Fsp3) is 0.368. The van der Waals surface area contributed by atoms with Crippen LogP contribution < -0.4 is 19.7 Å². The Kier molecular flexibility index (Phi) is 12.7. The number of rotatable bonds is 15. The number of fused-ring (bicyclic) bond motifs is 2. The van der Waals surface area contributed by atoms with Gasteiger partial charge in [0.05, 0.1) is 17.3 Å². The van der Waals surface area contributed by atoms with Crippen LogP contribution in [0.15, 0.2) is 65.5 Å². The van der Waals surface area contributed by atoms with Gasteiger partial charge in [-0.3, -0.25) is 23.9 Å². The minimum absolute atomic E-state index is 0.272. The number of hydrogen-bond acceptors (Lipinski definition) is 8. The molecular weight excluding hydrogens is 675 g/mol. The standard InChI is InChI=1S/C38H43N3O5S3/c1-4-6-7-8-9-10-11-16-24-40-29-21-14-12-18-26(29)27(33(46-3)28-19-13-15-22-30(28)40)20-17-23-31-35(44)41(25-32(42)43)37(48-31)34-36(45)39(5-2)38(47)49-34/h12-15,17-23H,4-11,16,24-25H2,1-3H3,(H,42,43)/b20-17+,31-23+,37-34+. The molecule has 0 unspecified atom stereocenters. The summed E-state index contributed by atoms with van der Waals surface area (Å²) in [5.41, 5.74) is 4.53. The minimum atomic E-state index is -1.17. The molecule has 49 heavy (non-hydrogen) atoms. The number of carboxylic acid groups (broad SMARTS) is 1. The van der Waals surface area contributed by atoms with Crippen LogP contribution in [-0.2, 0) is 20.9 Å². The number of para-hydroxylation sites is 2. The van der Waals surface area contributed by atoms with E-state index in [9.17, 15) is 19.5 Å². The van der Waals surface area contributed by atoms with E-state index in [1.807, 2.05) is 25.1 Å². The molecule has 0 spiro atoms. The Morgan fingerprint density at radius 2 is 1.53 bits per heavy atom. The van der Waals surface area contributed by atoms with E-state index < -0.39 is 18.1 Å². The summed E-state index contributed by atoms with van der Waals surface area (Å²) in [5.74, 6) is -0.771. The zero-order valence-corrected chi connectivity index (χ0v) is 30.7. The highest BCUT2D eigenvalue weighted by atomic mass is 32.2. The van der Waals surface area contributed by atoms with E-state index in [0.29, 0.717) is 20.1 Å². The maximum atomic E-state index is 13.5. The molecule has 8 nitrogen and oxygen atoms in total. The van der Waals surface area contributed by atoms with Crippen molar-refractivity contribution in [3.8, 4) is 0 Å². The van der Waals surface area contributed by atoms with Crippen LogP contribution in [0, 0.1) is 0 Å². The minimum Gasteiger partial charge on any atom is -0.495 e. The molecule has 0 radical (unpaired) electrons. The van der Waals surface area contributed by atoms with Crippen molar-refractivity contribution < 1.29 is 19.4 Å². The van der Waals surface area contributed by atoms with Crippen molar-refractivity contribution in [2.24, 2.45) is 0 Å². The molecule has 1 saturated heterocycles. The molecular formula is C38H43N3O5S3. The first-order valence-corrected chi connectivity index (χ1v) is 19.0. The quantitative estimate of drug-likeness (QED) is 0.131. The number of carbonyl (C=O) groups is 2. The number of thioether (sulfide) groups is 1. The number of unbranched alkanes of at least 4 members (excludes halogenated alkanes) is 7. The summed E-state index contributed by atoms with van der Waals surface area (Å²) >= 11 is 7.56. The first-order valence-electron chi connectivity index (χ1n) is 16.9. The van der Waals surface area contributed by atoms with Crippen LogP contribution in [0.4, 0.5) is 11.4 Å². The Hall–Kier alpha value is -3.93. The Morgan fingerprint density at radius 3 is 2.16 bits per heavy atom. The maximum absolute atomic E-state index is 13.5. The Balaban J connectivity index is 1.53. The van der Waals surface area contributed by atoms with E-state index in [1.54, 1.807) is 19.3 Å². The second kappa shape index (κ2) is 17.1. The molecule has 5 rings (SSSR count). The van der Waals surface area contributed by atoms with Crippen molar-refractivity contribution >= 4 is 85.2 Å². The molecule has 0 bridgehead atoms. The number of amides is 1. The number of aromatic nitrogens is 1. The number of thiocarbonyl (C=S) groups is 1. The summed E-state index contributed by atoms with van der Waals surface area (Å²) in [6.07, 6.45) is 15.4. The maximum Gasteiger partial charge on any atom is 0.323 e. The third kappa shape index (κ3) is 8.11. The van der Waals surface area contributed by atoms with E-state index in [1.165, 1.54) is 49.8 Å². The van der Waals surface area contributed by atoms with Gasteiger partial charge < -0.3 is 14.7 Å². The first-order chi connectivity index (χ1) is 23.8. The molecule has 11 heteroatoms. The van der Waals surface area contributed by atoms with Crippen molar-refractivity contribution in [2.75, 3.05) is 25.1 Å². The number of methoxy groups -OCH3 is 1. The average molecular weight is 718 g/mol. The highest BCUT2D eigenvalue weighted by Crippen LogP contribution is 2.44. The van der Waals surface area contributed by atoms with Gasteiger partial charge in [-0.2, -0.15) is 0 Å². The van der Waals surface area contributed by atoms with Gasteiger partial charge in [0.15, 0.2) is 0 Å². The molecule has 3 heterocycles. The number of nitrogens with zero attached hydrogens (tertiary/aromatic N) is 3. The second-order valence-electron chi connectivity index (χ2n) is 11.9. The molecule has 1 aromatic heterocycles. The third-order valence-corrected chi connectivity index (χ3v) is 11.4. The van der Waals surface area contributed by atoms with Gasteiger partial charge in [0.1, 0.15) is 26.2 Å². The predicted octanol–water partition coefficient (Wildman–Crippen LogP) is 7.13. The topological polar surface area (TPSA) is 92.1 Å². The summed E-state index contributed by atoms with van der Waals surface area (Å²) in [5, 5.41) is 9.59. The van der Waals surface area contributed by atoms with Crippen molar-refractivity contribution in [1.29, 1.82) is 0 Å². The van der Waals surface area contributed by atoms with Gasteiger partial charge in [0, 0.05) is 35.5 Å². The molecule has 1 fully saturated rings. The van der Waals surface area contributed by atoms with Gasteiger partial charge in [-0.1, -0.05) is 118 Å². The number of hydrogen-bond donors (Lipinski definition) is 1. The molecule has 2 aromatic carbocycles. The monoisotopic (exact) mass is 717 g/mol. The normalized spacial score (nSPS) is 16.1. The molecule has 2 aliphatic rings. The molecule has 1 N–H and O–H groups in total. The van der Waals surface area contributed by atoms with Crippen molar-refractivity contribution in [1.82, 2.24) is 9.47 Å². The van der Waals surface area contributed by atoms with Crippen LogP contribution in [-0.4, -0.2) is 51.0 Å². The molecule has 258 valence electrons. The summed E-state index contributed by atoms with van der Waals surface area (Å²) in [6, 6.07) is 16.6. The van der Waals surface area contributed by atoms with Crippen LogP contribution in [0.1, 0.15) is 76.3 Å². The molecule has 0 atom stereocenters. The van der Waals surface area contributed by atoms with Gasteiger partial charge in [-0.05, 0) is 37.6 Å². The van der Waals surface area contributed by atoms with Crippen molar-refractivity contribution in [3.63, 3.8) is 0 Å². The van der Waals surface area contributed by atoms with Crippen LogP contribution in [0.5, 0.6) is 0 Å². The summed E-state index contributed by atoms with van der Waals surface area (Å²) in [4.78, 5) is 42.5. The van der Waals surface area contributed by atoms with E-state index in [-0.39, 0.29) is 10.8 Å². The Bertz CT molecular complexity index is 1960. The first kappa shape index (κ1) is 36.4. The molecule has 0 saturated carbocycles. The van der Waals surface area contributed by atoms with Crippen molar-refractivity contribution in [3.05, 3.63) is 91.4 Å². The van der Waals surface area contributed by atoms with Gasteiger partial charge >= 0.3 is 5.97 Å². The number of thiazole rings is 1. The largest absolute Gasteiger partial charge is 0.495 e. The summed E-state index contributed by atoms with van der Waals surface area (Å²) < 4.78 is 8.25. The molecule has 3 aromatic rings. The highest BCUT2D eigenvalue weighted by molar-refractivity contribution is 8.30. The number of anilines is 2. The Morgan fingerprint density at radius 1 is 0.898 bits per heavy atom. The van der Waals surface area contributed by atoms with Crippen LogP contribution in [0.2, 0.25) is 0 Å². The highest BCUT2D eigenvalue weighted by Gasteiger charge is 2.33. The molecule has 0 aliphatic carbocycles. The SMILES string of the molecule is CCCCCCCCCCN1c2ccccc2C(/C=C/C=c2/s/c(=C3/SC(=S)N(CC)C3=O)n(CC(=O)O)c2=O)=C(OC)c2ccccc21. The van der Waals surface area contributed by atoms with Crippen LogP contribution in [0.3, 0.4) is 0 Å². The smallest absolute Gasteiger partial charge is 0.323 e. The third-order valence-electron chi connectivity index (χ3n) is 8.68. The van der Waals surface area contributed by atoms with E-state index in [0.717, 1.165) is 74.5 Å². The fourth-order valence-corrected chi connectivity index (χ4v) is 8.87. The van der Waals surface area contributed by atoms with Crippen molar-refractivity contribution in [2.45, 2.75) is 71.8 Å². The van der Waals surface area contributed by atoms with Gasteiger partial charge in [-0.15, -0.1) is 11.3 Å². The molecule has 1 amide bonds. The predicted molar refractivity (Wildman–Crippen MR) is 206 cm³/mol.